The Hall–Kier alpha value is -2.40. The topological polar surface area (TPSA) is 43.2 Å². The average molecular weight is 322 g/mol. The standard InChI is InChI=1S/C19H22N4O/c1-19(2)13-23(12-15-6-4-5-7-18(15)24-19)11-14-8-9-17-16(10-14)20-21-22(17)3/h4-10H,11-13H2,1-3H3. The minimum absolute atomic E-state index is 0.219. The molecule has 2 heterocycles. The highest BCUT2D eigenvalue weighted by atomic mass is 16.5. The van der Waals surface area contributed by atoms with Crippen molar-refractivity contribution < 1.29 is 4.74 Å². The molecule has 0 amide bonds. The van der Waals surface area contributed by atoms with Crippen LogP contribution in [0.1, 0.15) is 25.0 Å². The maximum atomic E-state index is 6.22. The van der Waals surface area contributed by atoms with E-state index in [2.05, 4.69) is 65.5 Å². The van der Waals surface area contributed by atoms with Gasteiger partial charge in [0.15, 0.2) is 0 Å². The van der Waals surface area contributed by atoms with Crippen molar-refractivity contribution in [2.24, 2.45) is 7.05 Å². The van der Waals surface area contributed by atoms with Crippen molar-refractivity contribution >= 4 is 11.0 Å². The number of hydrogen-bond acceptors (Lipinski definition) is 4. The Morgan fingerprint density at radius 2 is 2.00 bits per heavy atom. The minimum atomic E-state index is -0.219. The number of benzene rings is 2. The Kier molecular flexibility index (Phi) is 3.53. The van der Waals surface area contributed by atoms with Gasteiger partial charge in [-0.15, -0.1) is 5.10 Å². The van der Waals surface area contributed by atoms with E-state index in [0.29, 0.717) is 0 Å². The molecule has 0 spiro atoms. The number of aromatic nitrogens is 3. The average Bonchev–Trinajstić information content (AvgIpc) is 2.82. The number of aryl methyl sites for hydroxylation is 1. The van der Waals surface area contributed by atoms with Gasteiger partial charge in [-0.3, -0.25) is 4.90 Å². The second-order valence-electron chi connectivity index (χ2n) is 7.15. The van der Waals surface area contributed by atoms with Crippen molar-refractivity contribution in [2.45, 2.75) is 32.5 Å². The molecule has 5 heteroatoms. The molecule has 1 aliphatic heterocycles. The fourth-order valence-corrected chi connectivity index (χ4v) is 3.45. The van der Waals surface area contributed by atoms with Crippen LogP contribution in [0.3, 0.4) is 0 Å². The summed E-state index contributed by atoms with van der Waals surface area (Å²) in [5, 5.41) is 8.31. The number of fused-ring (bicyclic) bond motifs is 2. The van der Waals surface area contributed by atoms with Gasteiger partial charge in [0.25, 0.3) is 0 Å². The largest absolute Gasteiger partial charge is 0.486 e. The molecular weight excluding hydrogens is 300 g/mol. The third kappa shape index (κ3) is 2.87. The molecule has 0 unspecified atom stereocenters. The molecule has 0 saturated carbocycles. The normalized spacial score (nSPS) is 17.3. The molecule has 0 saturated heterocycles. The van der Waals surface area contributed by atoms with Gasteiger partial charge in [-0.2, -0.15) is 0 Å². The van der Waals surface area contributed by atoms with Gasteiger partial charge in [-0.1, -0.05) is 29.5 Å². The summed E-state index contributed by atoms with van der Waals surface area (Å²) in [7, 11) is 1.92. The molecule has 0 radical (unpaired) electrons. The number of para-hydroxylation sites is 1. The molecule has 2 aromatic carbocycles. The summed E-state index contributed by atoms with van der Waals surface area (Å²) >= 11 is 0. The first kappa shape index (κ1) is 15.1. The molecule has 1 aliphatic rings. The minimum Gasteiger partial charge on any atom is -0.486 e. The van der Waals surface area contributed by atoms with E-state index >= 15 is 0 Å². The molecular formula is C19H22N4O. The van der Waals surface area contributed by atoms with Crippen LogP contribution < -0.4 is 4.74 Å². The van der Waals surface area contributed by atoms with Gasteiger partial charge in [-0.05, 0) is 37.6 Å². The van der Waals surface area contributed by atoms with Gasteiger partial charge < -0.3 is 4.74 Å². The molecule has 5 nitrogen and oxygen atoms in total. The number of hydrogen-bond donors (Lipinski definition) is 0. The number of ether oxygens (including phenoxy) is 1. The summed E-state index contributed by atoms with van der Waals surface area (Å²) in [5.74, 6) is 0.995. The molecule has 0 bridgehead atoms. The summed E-state index contributed by atoms with van der Waals surface area (Å²) in [6.07, 6.45) is 0. The molecule has 0 fully saturated rings. The Morgan fingerprint density at radius 3 is 2.88 bits per heavy atom. The fraction of sp³-hybridized carbons (Fsp3) is 0.368. The predicted molar refractivity (Wildman–Crippen MR) is 93.8 cm³/mol. The molecule has 4 rings (SSSR count). The van der Waals surface area contributed by atoms with E-state index in [1.807, 2.05) is 13.1 Å². The maximum Gasteiger partial charge on any atom is 0.124 e. The zero-order valence-corrected chi connectivity index (χ0v) is 14.4. The van der Waals surface area contributed by atoms with Crippen molar-refractivity contribution in [3.8, 4) is 5.75 Å². The van der Waals surface area contributed by atoms with Crippen molar-refractivity contribution in [1.29, 1.82) is 0 Å². The van der Waals surface area contributed by atoms with E-state index < -0.39 is 0 Å². The molecule has 0 aliphatic carbocycles. The Labute approximate surface area is 141 Å². The molecule has 124 valence electrons. The first-order chi connectivity index (χ1) is 11.5. The Balaban J connectivity index is 1.62. The van der Waals surface area contributed by atoms with Crippen molar-refractivity contribution in [2.75, 3.05) is 6.54 Å². The van der Waals surface area contributed by atoms with E-state index in [-0.39, 0.29) is 5.60 Å². The van der Waals surface area contributed by atoms with Crippen LogP contribution in [0.5, 0.6) is 5.75 Å². The molecule has 0 atom stereocenters. The lowest BCUT2D eigenvalue weighted by Gasteiger charge is -2.29. The SMILES string of the molecule is Cn1nnc2cc(CN3Cc4ccccc4OC(C)(C)C3)ccc21. The van der Waals surface area contributed by atoms with Gasteiger partial charge >= 0.3 is 0 Å². The van der Waals surface area contributed by atoms with Crippen LogP contribution in [-0.2, 0) is 20.1 Å². The van der Waals surface area contributed by atoms with Crippen LogP contribution in [0.15, 0.2) is 42.5 Å². The summed E-state index contributed by atoms with van der Waals surface area (Å²) in [4.78, 5) is 2.43. The monoisotopic (exact) mass is 322 g/mol. The van der Waals surface area contributed by atoms with Crippen LogP contribution in [0.25, 0.3) is 11.0 Å². The Bertz CT molecular complexity index is 884. The lowest BCUT2D eigenvalue weighted by Crippen LogP contribution is -2.40. The predicted octanol–water partition coefficient (Wildman–Crippen LogP) is 3.14. The third-order valence-corrected chi connectivity index (χ3v) is 4.44. The van der Waals surface area contributed by atoms with Crippen LogP contribution in [0.4, 0.5) is 0 Å². The zero-order chi connectivity index (χ0) is 16.7. The highest BCUT2D eigenvalue weighted by Crippen LogP contribution is 2.30. The lowest BCUT2D eigenvalue weighted by atomic mass is 10.1. The summed E-state index contributed by atoms with van der Waals surface area (Å²) in [6, 6.07) is 14.7. The zero-order valence-electron chi connectivity index (χ0n) is 14.4. The second-order valence-corrected chi connectivity index (χ2v) is 7.15. The first-order valence-electron chi connectivity index (χ1n) is 8.28. The van der Waals surface area contributed by atoms with Gasteiger partial charge in [0.2, 0.25) is 0 Å². The summed E-state index contributed by atoms with van der Waals surface area (Å²) < 4.78 is 8.02. The number of nitrogens with zero attached hydrogens (tertiary/aromatic N) is 4. The van der Waals surface area contributed by atoms with Crippen molar-refractivity contribution in [3.05, 3.63) is 53.6 Å². The number of rotatable bonds is 2. The van der Waals surface area contributed by atoms with Gasteiger partial charge in [0, 0.05) is 32.2 Å². The van der Waals surface area contributed by atoms with E-state index in [9.17, 15) is 0 Å². The van der Waals surface area contributed by atoms with Gasteiger partial charge in [-0.25, -0.2) is 4.68 Å². The van der Waals surface area contributed by atoms with Crippen molar-refractivity contribution in [3.63, 3.8) is 0 Å². The van der Waals surface area contributed by atoms with E-state index in [0.717, 1.165) is 36.4 Å². The fourth-order valence-electron chi connectivity index (χ4n) is 3.45. The van der Waals surface area contributed by atoms with E-state index in [1.54, 1.807) is 4.68 Å². The highest BCUT2D eigenvalue weighted by molar-refractivity contribution is 5.74. The summed E-state index contributed by atoms with van der Waals surface area (Å²) in [5.41, 5.74) is 4.27. The second kappa shape index (κ2) is 5.60. The van der Waals surface area contributed by atoms with E-state index in [4.69, 9.17) is 4.74 Å². The van der Waals surface area contributed by atoms with Crippen LogP contribution in [-0.4, -0.2) is 32.0 Å². The third-order valence-electron chi connectivity index (χ3n) is 4.44. The lowest BCUT2D eigenvalue weighted by molar-refractivity contribution is 0.0683. The van der Waals surface area contributed by atoms with Crippen LogP contribution in [0, 0.1) is 0 Å². The van der Waals surface area contributed by atoms with Crippen LogP contribution in [0.2, 0.25) is 0 Å². The summed E-state index contributed by atoms with van der Waals surface area (Å²) in [6.45, 7) is 6.92. The van der Waals surface area contributed by atoms with Crippen molar-refractivity contribution in [1.82, 2.24) is 19.9 Å². The molecule has 0 N–H and O–H groups in total. The highest BCUT2D eigenvalue weighted by Gasteiger charge is 2.28. The Morgan fingerprint density at radius 1 is 1.17 bits per heavy atom. The maximum absolute atomic E-state index is 6.22. The molecule has 24 heavy (non-hydrogen) atoms. The first-order valence-corrected chi connectivity index (χ1v) is 8.28. The van der Waals surface area contributed by atoms with Gasteiger partial charge in [0.05, 0.1) is 5.52 Å². The smallest absolute Gasteiger partial charge is 0.124 e. The molecule has 3 aromatic rings. The quantitative estimate of drug-likeness (QED) is 0.727. The van der Waals surface area contributed by atoms with Gasteiger partial charge in [0.1, 0.15) is 16.9 Å². The molecule has 1 aromatic heterocycles. The van der Waals surface area contributed by atoms with Crippen LogP contribution >= 0.6 is 0 Å². The van der Waals surface area contributed by atoms with E-state index in [1.165, 1.54) is 11.1 Å².